The van der Waals surface area contributed by atoms with E-state index >= 15 is 0 Å². The van der Waals surface area contributed by atoms with Crippen molar-refractivity contribution in [1.82, 2.24) is 9.88 Å². The smallest absolute Gasteiger partial charge is 0.253 e. The molecule has 0 saturated heterocycles. The maximum atomic E-state index is 12.5. The molecule has 8 heteroatoms. The number of amides is 3. The lowest BCUT2D eigenvalue weighted by Gasteiger charge is -2.18. The summed E-state index contributed by atoms with van der Waals surface area (Å²) in [4.78, 5) is 44.8. The number of thiazole rings is 1. The molecule has 0 unspecified atom stereocenters. The molecular formula is C25H26N4O3S. The summed E-state index contributed by atoms with van der Waals surface area (Å²) in [5.74, 6) is -0.568. The van der Waals surface area contributed by atoms with Crippen molar-refractivity contribution in [2.75, 3.05) is 23.3 Å². The lowest BCUT2D eigenvalue weighted by atomic mass is 10.1. The maximum absolute atomic E-state index is 12.5. The average Bonchev–Trinajstić information content (AvgIpc) is 3.27. The third kappa shape index (κ3) is 6.14. The molecule has 0 bridgehead atoms. The SMILES string of the molecule is CCN(CC)C(=O)c1cccc(NC(=O)C=Cc2csc(N(C(C)=O)c3ccccc3)n2)c1. The van der Waals surface area contributed by atoms with Crippen LogP contribution in [-0.4, -0.2) is 40.7 Å². The second-order valence-corrected chi connectivity index (χ2v) is 7.96. The van der Waals surface area contributed by atoms with Gasteiger partial charge in [-0.15, -0.1) is 11.3 Å². The van der Waals surface area contributed by atoms with Gasteiger partial charge in [-0.1, -0.05) is 24.3 Å². The molecule has 1 aromatic heterocycles. The van der Waals surface area contributed by atoms with Crippen LogP contribution in [0.4, 0.5) is 16.5 Å². The van der Waals surface area contributed by atoms with Crippen LogP contribution in [0, 0.1) is 0 Å². The van der Waals surface area contributed by atoms with Crippen LogP contribution in [-0.2, 0) is 9.59 Å². The molecular weight excluding hydrogens is 436 g/mol. The van der Waals surface area contributed by atoms with Gasteiger partial charge in [0.05, 0.1) is 11.4 Å². The molecule has 0 saturated carbocycles. The van der Waals surface area contributed by atoms with Crippen LogP contribution in [0.15, 0.2) is 66.1 Å². The molecule has 3 aromatic rings. The van der Waals surface area contributed by atoms with Gasteiger partial charge in [0.2, 0.25) is 11.8 Å². The number of carbonyl (C=O) groups excluding carboxylic acids is 3. The zero-order chi connectivity index (χ0) is 23.8. The van der Waals surface area contributed by atoms with Crippen LogP contribution in [0.2, 0.25) is 0 Å². The summed E-state index contributed by atoms with van der Waals surface area (Å²) in [6, 6.07) is 16.1. The molecule has 1 heterocycles. The number of nitrogens with zero attached hydrogens (tertiary/aromatic N) is 3. The van der Waals surface area contributed by atoms with Crippen LogP contribution in [0.25, 0.3) is 6.08 Å². The summed E-state index contributed by atoms with van der Waals surface area (Å²) in [6.07, 6.45) is 2.96. The van der Waals surface area contributed by atoms with Crippen molar-refractivity contribution in [3.05, 3.63) is 77.3 Å². The first-order valence-electron chi connectivity index (χ1n) is 10.6. The third-order valence-electron chi connectivity index (χ3n) is 4.86. The highest BCUT2D eigenvalue weighted by atomic mass is 32.1. The fraction of sp³-hybridized carbons (Fsp3) is 0.200. The minimum absolute atomic E-state index is 0.0740. The fourth-order valence-corrected chi connectivity index (χ4v) is 4.08. The molecule has 3 amide bonds. The first-order chi connectivity index (χ1) is 15.9. The highest BCUT2D eigenvalue weighted by Gasteiger charge is 2.17. The molecule has 0 aliphatic rings. The van der Waals surface area contributed by atoms with Crippen molar-refractivity contribution in [2.24, 2.45) is 0 Å². The van der Waals surface area contributed by atoms with Crippen LogP contribution in [0.3, 0.4) is 0 Å². The Morgan fingerprint density at radius 2 is 1.76 bits per heavy atom. The summed E-state index contributed by atoms with van der Waals surface area (Å²) in [5.41, 5.74) is 2.35. The molecule has 170 valence electrons. The third-order valence-corrected chi connectivity index (χ3v) is 5.71. The number of aromatic nitrogens is 1. The van der Waals surface area contributed by atoms with E-state index < -0.39 is 0 Å². The van der Waals surface area contributed by atoms with Crippen molar-refractivity contribution < 1.29 is 14.4 Å². The molecule has 7 nitrogen and oxygen atoms in total. The van der Waals surface area contributed by atoms with E-state index in [1.807, 2.05) is 44.2 Å². The van der Waals surface area contributed by atoms with Crippen molar-refractivity contribution in [3.63, 3.8) is 0 Å². The standard InChI is InChI=1S/C25H26N4O3S/c1-4-28(5-2)24(32)19-10-9-11-20(16-19)26-23(31)15-14-21-17-33-25(27-21)29(18(3)30)22-12-7-6-8-13-22/h6-17H,4-5H2,1-3H3,(H,26,31). The monoisotopic (exact) mass is 462 g/mol. The van der Waals surface area contributed by atoms with Gasteiger partial charge in [0.25, 0.3) is 5.91 Å². The summed E-state index contributed by atoms with van der Waals surface area (Å²) in [7, 11) is 0. The summed E-state index contributed by atoms with van der Waals surface area (Å²) < 4.78 is 0. The summed E-state index contributed by atoms with van der Waals surface area (Å²) in [5, 5.41) is 5.07. The van der Waals surface area contributed by atoms with Gasteiger partial charge in [-0.2, -0.15) is 0 Å². The van der Waals surface area contributed by atoms with Gasteiger partial charge in [0.1, 0.15) is 0 Å². The second kappa shape index (κ2) is 11.2. The normalized spacial score (nSPS) is 10.8. The van der Waals surface area contributed by atoms with Crippen molar-refractivity contribution >= 4 is 51.6 Å². The number of benzene rings is 2. The van der Waals surface area contributed by atoms with E-state index in [0.29, 0.717) is 35.2 Å². The van der Waals surface area contributed by atoms with E-state index in [0.717, 1.165) is 5.69 Å². The minimum Gasteiger partial charge on any atom is -0.339 e. The van der Waals surface area contributed by atoms with Gasteiger partial charge in [-0.3, -0.25) is 19.3 Å². The van der Waals surface area contributed by atoms with Crippen molar-refractivity contribution in [2.45, 2.75) is 20.8 Å². The molecule has 0 fully saturated rings. The molecule has 0 aliphatic carbocycles. The Morgan fingerprint density at radius 3 is 2.42 bits per heavy atom. The van der Waals surface area contributed by atoms with Gasteiger partial charge < -0.3 is 10.2 Å². The van der Waals surface area contributed by atoms with E-state index in [9.17, 15) is 14.4 Å². The Morgan fingerprint density at radius 1 is 1.03 bits per heavy atom. The number of nitrogens with one attached hydrogen (secondary N) is 1. The predicted octanol–water partition coefficient (Wildman–Crippen LogP) is 4.96. The fourth-order valence-electron chi connectivity index (χ4n) is 3.23. The Hall–Kier alpha value is -3.78. The molecule has 2 aromatic carbocycles. The zero-order valence-corrected chi connectivity index (χ0v) is 19.6. The van der Waals surface area contributed by atoms with Crippen LogP contribution >= 0.6 is 11.3 Å². The minimum atomic E-state index is -0.344. The van der Waals surface area contributed by atoms with Gasteiger partial charge in [-0.05, 0) is 50.3 Å². The van der Waals surface area contributed by atoms with Crippen molar-refractivity contribution in [3.8, 4) is 0 Å². The molecule has 33 heavy (non-hydrogen) atoms. The molecule has 3 rings (SSSR count). The quantitative estimate of drug-likeness (QED) is 0.480. The first-order valence-corrected chi connectivity index (χ1v) is 11.5. The first kappa shape index (κ1) is 23.9. The molecule has 1 N–H and O–H groups in total. The lowest BCUT2D eigenvalue weighted by Crippen LogP contribution is -2.30. The van der Waals surface area contributed by atoms with Crippen LogP contribution < -0.4 is 10.2 Å². The maximum Gasteiger partial charge on any atom is 0.253 e. The Kier molecular flexibility index (Phi) is 8.10. The zero-order valence-electron chi connectivity index (χ0n) is 18.8. The topological polar surface area (TPSA) is 82.6 Å². The Balaban J connectivity index is 1.69. The van der Waals surface area contributed by atoms with Crippen LogP contribution in [0.5, 0.6) is 0 Å². The number of anilines is 3. The highest BCUT2D eigenvalue weighted by molar-refractivity contribution is 7.14. The summed E-state index contributed by atoms with van der Waals surface area (Å²) >= 11 is 1.32. The van der Waals surface area contributed by atoms with Crippen LogP contribution in [0.1, 0.15) is 36.8 Å². The van der Waals surface area contributed by atoms with Gasteiger partial charge >= 0.3 is 0 Å². The lowest BCUT2D eigenvalue weighted by molar-refractivity contribution is -0.116. The van der Waals surface area contributed by atoms with Gasteiger partial charge in [0, 0.05) is 42.7 Å². The number of rotatable bonds is 8. The van der Waals surface area contributed by atoms with E-state index in [4.69, 9.17) is 0 Å². The highest BCUT2D eigenvalue weighted by Crippen LogP contribution is 2.29. The van der Waals surface area contributed by atoms with E-state index in [2.05, 4.69) is 10.3 Å². The van der Waals surface area contributed by atoms with E-state index in [-0.39, 0.29) is 17.7 Å². The largest absolute Gasteiger partial charge is 0.339 e. The number of hydrogen-bond donors (Lipinski definition) is 1. The number of carbonyl (C=O) groups is 3. The predicted molar refractivity (Wildman–Crippen MR) is 133 cm³/mol. The van der Waals surface area contributed by atoms with E-state index in [1.54, 1.807) is 40.6 Å². The van der Waals surface area contributed by atoms with Gasteiger partial charge in [0.15, 0.2) is 5.13 Å². The van der Waals surface area contributed by atoms with E-state index in [1.165, 1.54) is 29.2 Å². The van der Waals surface area contributed by atoms with Gasteiger partial charge in [-0.25, -0.2) is 4.98 Å². The average molecular weight is 463 g/mol. The molecule has 0 radical (unpaired) electrons. The Bertz CT molecular complexity index is 1150. The Labute approximate surface area is 197 Å². The molecule has 0 aliphatic heterocycles. The number of para-hydroxylation sites is 1. The van der Waals surface area contributed by atoms with Crippen molar-refractivity contribution in [1.29, 1.82) is 0 Å². The number of hydrogen-bond acceptors (Lipinski definition) is 5. The summed E-state index contributed by atoms with van der Waals surface area (Å²) in [6.45, 7) is 6.58. The second-order valence-electron chi connectivity index (χ2n) is 7.13. The molecule has 0 spiro atoms. The molecule has 0 atom stereocenters.